The third-order valence-corrected chi connectivity index (χ3v) is 4.62. The Morgan fingerprint density at radius 3 is 2.45 bits per heavy atom. The third-order valence-electron chi connectivity index (χ3n) is 4.62. The molecule has 1 N–H and O–H groups in total. The topological polar surface area (TPSA) is 67.1 Å². The van der Waals surface area contributed by atoms with Crippen molar-refractivity contribution in [1.82, 2.24) is 9.47 Å². The molecule has 3 rings (SSSR count). The predicted octanol–water partition coefficient (Wildman–Crippen LogP) is 3.47. The minimum atomic E-state index is -0.271. The van der Waals surface area contributed by atoms with Gasteiger partial charge in [-0.1, -0.05) is 18.2 Å². The second-order valence-electron chi connectivity index (χ2n) is 7.04. The highest BCUT2D eigenvalue weighted by molar-refractivity contribution is 6.01. The maximum atomic E-state index is 13.1. The number of rotatable bonds is 8. The van der Waals surface area contributed by atoms with Gasteiger partial charge in [0, 0.05) is 23.5 Å². The van der Waals surface area contributed by atoms with Gasteiger partial charge in [-0.15, -0.1) is 0 Å². The third kappa shape index (κ3) is 4.66. The molecular weight excluding hydrogens is 366 g/mol. The van der Waals surface area contributed by atoms with E-state index in [2.05, 4.69) is 9.89 Å². The lowest BCUT2D eigenvalue weighted by Crippen LogP contribution is -2.20. The summed E-state index contributed by atoms with van der Waals surface area (Å²) in [6.45, 7) is 4.07. The molecule has 0 aliphatic carbocycles. The first-order valence-electron chi connectivity index (χ1n) is 9.77. The Labute approximate surface area is 170 Å². The Bertz CT molecular complexity index is 1050. The molecule has 0 radical (unpaired) electrons. The number of nitrogens with zero attached hydrogens (tertiary/aromatic N) is 3. The molecule has 0 fully saturated rings. The summed E-state index contributed by atoms with van der Waals surface area (Å²) < 4.78 is 6.79. The lowest BCUT2D eigenvalue weighted by Gasteiger charge is -2.14. The molecule has 29 heavy (non-hydrogen) atoms. The van der Waals surface area contributed by atoms with E-state index in [0.717, 1.165) is 13.0 Å². The van der Waals surface area contributed by atoms with Gasteiger partial charge in [0.25, 0.3) is 5.56 Å². The van der Waals surface area contributed by atoms with E-state index in [1.165, 1.54) is 4.57 Å². The lowest BCUT2D eigenvalue weighted by molar-refractivity contribution is 0.340. The van der Waals surface area contributed by atoms with Crippen LogP contribution in [-0.2, 0) is 0 Å². The largest absolute Gasteiger partial charge is 0.494 e. The molecule has 1 heterocycles. The average molecular weight is 393 g/mol. The summed E-state index contributed by atoms with van der Waals surface area (Å²) in [5.41, 5.74) is 0.843. The number of pyridine rings is 1. The number of hydrogen-bond donors (Lipinski definition) is 1. The molecule has 0 amide bonds. The van der Waals surface area contributed by atoms with E-state index in [1.54, 1.807) is 36.5 Å². The van der Waals surface area contributed by atoms with Gasteiger partial charge in [-0.3, -0.25) is 9.79 Å². The number of aromatic hydroxyl groups is 1. The van der Waals surface area contributed by atoms with E-state index in [4.69, 9.17) is 4.74 Å². The first-order valence-corrected chi connectivity index (χ1v) is 9.77. The van der Waals surface area contributed by atoms with Crippen LogP contribution in [0.5, 0.6) is 11.6 Å². The van der Waals surface area contributed by atoms with Crippen molar-refractivity contribution in [2.24, 2.45) is 4.99 Å². The van der Waals surface area contributed by atoms with Crippen molar-refractivity contribution in [2.45, 2.75) is 13.3 Å². The maximum absolute atomic E-state index is 13.1. The van der Waals surface area contributed by atoms with E-state index >= 15 is 0 Å². The molecule has 0 bridgehead atoms. The second-order valence-corrected chi connectivity index (χ2v) is 7.04. The molecule has 152 valence electrons. The van der Waals surface area contributed by atoms with Gasteiger partial charge in [-0.05, 0) is 64.3 Å². The van der Waals surface area contributed by atoms with Crippen LogP contribution < -0.4 is 10.3 Å². The highest BCUT2D eigenvalue weighted by Gasteiger charge is 2.16. The average Bonchev–Trinajstić information content (AvgIpc) is 2.71. The van der Waals surface area contributed by atoms with Gasteiger partial charge in [-0.25, -0.2) is 4.57 Å². The number of ether oxygens (including phenoxy) is 1. The van der Waals surface area contributed by atoms with Crippen LogP contribution in [0.4, 0.5) is 0 Å². The summed E-state index contributed by atoms with van der Waals surface area (Å²) >= 11 is 0. The monoisotopic (exact) mass is 393 g/mol. The highest BCUT2D eigenvalue weighted by Crippen LogP contribution is 2.26. The van der Waals surface area contributed by atoms with Crippen LogP contribution in [0.2, 0.25) is 0 Å². The molecule has 0 aliphatic heterocycles. The molecule has 0 unspecified atom stereocenters. The van der Waals surface area contributed by atoms with Crippen molar-refractivity contribution in [3.8, 4) is 17.3 Å². The van der Waals surface area contributed by atoms with Gasteiger partial charge < -0.3 is 14.7 Å². The highest BCUT2D eigenvalue weighted by atomic mass is 16.5. The van der Waals surface area contributed by atoms with Crippen LogP contribution in [0.25, 0.3) is 16.5 Å². The van der Waals surface area contributed by atoms with Crippen molar-refractivity contribution in [2.75, 3.05) is 33.8 Å². The van der Waals surface area contributed by atoms with E-state index in [-0.39, 0.29) is 11.4 Å². The Balaban J connectivity index is 2.06. The molecule has 3 aromatic rings. The van der Waals surface area contributed by atoms with E-state index in [9.17, 15) is 9.90 Å². The first kappa shape index (κ1) is 20.6. The zero-order valence-electron chi connectivity index (χ0n) is 17.1. The summed E-state index contributed by atoms with van der Waals surface area (Å²) in [6.07, 6.45) is 2.58. The number of benzene rings is 2. The fourth-order valence-corrected chi connectivity index (χ4v) is 3.22. The summed E-state index contributed by atoms with van der Waals surface area (Å²) in [5, 5.41) is 12.2. The standard InChI is InChI=1S/C23H27N3O3/c1-4-29-18-12-10-17(11-13-18)26-22(27)20-9-6-5-8-19(20)21(23(26)28)16-24-14-7-15-25(2)3/h5-6,8-13,16,28H,4,7,14-15H2,1-3H3. The molecule has 0 atom stereocenters. The molecule has 0 saturated heterocycles. The van der Waals surface area contributed by atoms with Gasteiger partial charge in [-0.2, -0.15) is 0 Å². The van der Waals surface area contributed by atoms with Crippen molar-refractivity contribution < 1.29 is 9.84 Å². The molecular formula is C23H27N3O3. The normalized spacial score (nSPS) is 11.6. The van der Waals surface area contributed by atoms with Gasteiger partial charge in [0.1, 0.15) is 5.75 Å². The summed E-state index contributed by atoms with van der Waals surface area (Å²) in [5.74, 6) is 0.599. The number of fused-ring (bicyclic) bond motifs is 1. The molecule has 0 aliphatic rings. The van der Waals surface area contributed by atoms with Gasteiger partial charge >= 0.3 is 0 Å². The molecule has 6 nitrogen and oxygen atoms in total. The number of hydrogen-bond acceptors (Lipinski definition) is 5. The number of aromatic nitrogens is 1. The summed E-state index contributed by atoms with van der Waals surface area (Å²) in [4.78, 5) is 19.7. The van der Waals surface area contributed by atoms with Crippen LogP contribution in [0.1, 0.15) is 18.9 Å². The fourth-order valence-electron chi connectivity index (χ4n) is 3.22. The van der Waals surface area contributed by atoms with Crippen LogP contribution in [0.15, 0.2) is 58.3 Å². The van der Waals surface area contributed by atoms with Gasteiger partial charge in [0.15, 0.2) is 0 Å². The van der Waals surface area contributed by atoms with Crippen molar-refractivity contribution in [1.29, 1.82) is 0 Å². The second kappa shape index (κ2) is 9.39. The number of aliphatic imine (C=N–C) groups is 1. The quantitative estimate of drug-likeness (QED) is 0.470. The Hall–Kier alpha value is -3.12. The van der Waals surface area contributed by atoms with Gasteiger partial charge in [0.2, 0.25) is 5.88 Å². The predicted molar refractivity (Wildman–Crippen MR) is 118 cm³/mol. The van der Waals surface area contributed by atoms with Gasteiger partial charge in [0.05, 0.1) is 17.9 Å². The summed E-state index contributed by atoms with van der Waals surface area (Å²) in [6, 6.07) is 14.4. The van der Waals surface area contributed by atoms with Crippen molar-refractivity contribution in [3.05, 3.63) is 64.4 Å². The lowest BCUT2D eigenvalue weighted by atomic mass is 10.1. The van der Waals surface area contributed by atoms with Crippen LogP contribution in [0, 0.1) is 0 Å². The minimum absolute atomic E-state index is 0.116. The maximum Gasteiger partial charge on any atom is 0.265 e. The van der Waals surface area contributed by atoms with Crippen molar-refractivity contribution >= 4 is 17.0 Å². The van der Waals surface area contributed by atoms with E-state index < -0.39 is 0 Å². The molecule has 2 aromatic carbocycles. The van der Waals surface area contributed by atoms with Crippen LogP contribution in [-0.4, -0.2) is 54.6 Å². The smallest absolute Gasteiger partial charge is 0.265 e. The Morgan fingerprint density at radius 1 is 1.10 bits per heavy atom. The fraction of sp³-hybridized carbons (Fsp3) is 0.304. The zero-order chi connectivity index (χ0) is 20.8. The minimum Gasteiger partial charge on any atom is -0.494 e. The molecule has 0 spiro atoms. The van der Waals surface area contributed by atoms with Crippen LogP contribution >= 0.6 is 0 Å². The molecule has 1 aromatic heterocycles. The first-order chi connectivity index (χ1) is 14.0. The van der Waals surface area contributed by atoms with Crippen molar-refractivity contribution in [3.63, 3.8) is 0 Å². The SMILES string of the molecule is CCOc1ccc(-n2c(O)c(C=NCCCN(C)C)c3ccccc3c2=O)cc1. The Kier molecular flexibility index (Phi) is 6.67. The van der Waals surface area contributed by atoms with E-state index in [1.807, 2.05) is 39.2 Å². The Morgan fingerprint density at radius 2 is 1.79 bits per heavy atom. The van der Waals surface area contributed by atoms with E-state index in [0.29, 0.717) is 40.9 Å². The zero-order valence-corrected chi connectivity index (χ0v) is 17.1. The van der Waals surface area contributed by atoms with Crippen LogP contribution in [0.3, 0.4) is 0 Å². The molecule has 0 saturated carbocycles. The summed E-state index contributed by atoms with van der Waals surface area (Å²) in [7, 11) is 4.05. The molecule has 6 heteroatoms.